The molecule has 0 radical (unpaired) electrons. The molecule has 0 unspecified atom stereocenters. The van der Waals surface area contributed by atoms with Crippen molar-refractivity contribution < 1.29 is 4.79 Å². The Hall–Kier alpha value is -2.21. The summed E-state index contributed by atoms with van der Waals surface area (Å²) >= 11 is 0. The molecular formula is C16H21N5O. The second kappa shape index (κ2) is 6.27. The molecule has 116 valence electrons. The number of aryl methyl sites for hydroxylation is 2. The van der Waals surface area contributed by atoms with Crippen molar-refractivity contribution in [2.24, 2.45) is 11.7 Å². The molecule has 3 rings (SSSR count). The smallest absolute Gasteiger partial charge is 0.252 e. The summed E-state index contributed by atoms with van der Waals surface area (Å²) in [6.07, 6.45) is 5.37. The molecule has 2 aromatic rings. The van der Waals surface area contributed by atoms with Crippen LogP contribution in [0.5, 0.6) is 0 Å². The van der Waals surface area contributed by atoms with Crippen LogP contribution >= 0.6 is 0 Å². The highest BCUT2D eigenvalue weighted by atomic mass is 16.1. The maximum absolute atomic E-state index is 11.4. The van der Waals surface area contributed by atoms with E-state index in [1.807, 2.05) is 23.9 Å². The van der Waals surface area contributed by atoms with Gasteiger partial charge in [-0.3, -0.25) is 14.5 Å². The van der Waals surface area contributed by atoms with Crippen molar-refractivity contribution in [1.29, 1.82) is 0 Å². The molecule has 22 heavy (non-hydrogen) atoms. The first kappa shape index (κ1) is 14.7. The lowest BCUT2D eigenvalue weighted by Crippen LogP contribution is -2.30. The number of carbonyl (C=O) groups excluding carboxylic acids is 1. The molecule has 6 nitrogen and oxygen atoms in total. The van der Waals surface area contributed by atoms with Crippen molar-refractivity contribution in [3.63, 3.8) is 0 Å². The summed E-state index contributed by atoms with van der Waals surface area (Å²) in [4.78, 5) is 15.8. The number of nitrogens with two attached hydrogens (primary N) is 1. The Kier molecular flexibility index (Phi) is 4.20. The van der Waals surface area contributed by atoms with Crippen molar-refractivity contribution in [2.45, 2.75) is 32.9 Å². The minimum absolute atomic E-state index is 0.390. The third-order valence-electron chi connectivity index (χ3n) is 4.16. The topological polar surface area (TPSA) is 85.8 Å². The number of hydrogen-bond donors (Lipinski definition) is 2. The summed E-state index contributed by atoms with van der Waals surface area (Å²) in [6, 6.07) is 4.12. The van der Waals surface area contributed by atoms with Gasteiger partial charge in [0.1, 0.15) is 0 Å². The van der Waals surface area contributed by atoms with Crippen LogP contribution in [0.4, 0.5) is 0 Å². The number of rotatable bonds is 5. The highest BCUT2D eigenvalue weighted by Gasteiger charge is 2.23. The highest BCUT2D eigenvalue weighted by Crippen LogP contribution is 2.22. The van der Waals surface area contributed by atoms with Crippen molar-refractivity contribution in [2.75, 3.05) is 6.54 Å². The molecule has 3 N–H and O–H groups in total. The standard InChI is InChI=1S/C16H21N5O/c1-11-2-3-13(19-7-11)9-18-8-12-4-5-21-15(6-12)14(10-20-21)16(17)22/h2-3,7,10,12,18H,4-6,8-9H2,1H3,(H2,17,22)/t12-/m0/s1. The average Bonchev–Trinajstić information content (AvgIpc) is 2.92. The van der Waals surface area contributed by atoms with E-state index in [4.69, 9.17) is 5.73 Å². The lowest BCUT2D eigenvalue weighted by molar-refractivity contribution is 0.0998. The van der Waals surface area contributed by atoms with Crippen molar-refractivity contribution in [3.05, 3.63) is 47.0 Å². The molecule has 0 saturated carbocycles. The van der Waals surface area contributed by atoms with Crippen LogP contribution < -0.4 is 11.1 Å². The molecule has 1 atom stereocenters. The molecule has 0 spiro atoms. The van der Waals surface area contributed by atoms with Gasteiger partial charge in [-0.15, -0.1) is 0 Å². The predicted octanol–water partition coefficient (Wildman–Crippen LogP) is 1.04. The van der Waals surface area contributed by atoms with Crippen LogP contribution in [-0.4, -0.2) is 27.2 Å². The second-order valence-corrected chi connectivity index (χ2v) is 5.91. The van der Waals surface area contributed by atoms with E-state index in [0.717, 1.165) is 43.9 Å². The van der Waals surface area contributed by atoms with E-state index >= 15 is 0 Å². The van der Waals surface area contributed by atoms with Crippen LogP contribution in [0.1, 0.15) is 33.7 Å². The Morgan fingerprint density at radius 2 is 2.32 bits per heavy atom. The van der Waals surface area contributed by atoms with Gasteiger partial charge in [0.2, 0.25) is 0 Å². The van der Waals surface area contributed by atoms with E-state index in [0.29, 0.717) is 11.5 Å². The fourth-order valence-electron chi connectivity index (χ4n) is 2.89. The molecular weight excluding hydrogens is 278 g/mol. The van der Waals surface area contributed by atoms with Gasteiger partial charge in [-0.05, 0) is 43.9 Å². The molecule has 1 aliphatic heterocycles. The summed E-state index contributed by atoms with van der Waals surface area (Å²) in [5.41, 5.74) is 9.15. The molecule has 0 saturated heterocycles. The minimum Gasteiger partial charge on any atom is -0.365 e. The number of nitrogens with one attached hydrogen (secondary N) is 1. The zero-order chi connectivity index (χ0) is 15.5. The summed E-state index contributed by atoms with van der Waals surface area (Å²) in [6.45, 7) is 4.54. The largest absolute Gasteiger partial charge is 0.365 e. The number of pyridine rings is 1. The molecule has 1 amide bonds. The molecule has 2 aromatic heterocycles. The van der Waals surface area contributed by atoms with Gasteiger partial charge in [-0.2, -0.15) is 5.10 Å². The van der Waals surface area contributed by atoms with E-state index in [2.05, 4.69) is 21.5 Å². The maximum atomic E-state index is 11.4. The Labute approximate surface area is 129 Å². The van der Waals surface area contributed by atoms with Crippen LogP contribution in [-0.2, 0) is 19.5 Å². The Morgan fingerprint density at radius 1 is 1.45 bits per heavy atom. The van der Waals surface area contributed by atoms with Crippen LogP contribution in [0, 0.1) is 12.8 Å². The monoisotopic (exact) mass is 299 g/mol. The SMILES string of the molecule is Cc1ccc(CNC[C@H]2CCn3ncc(C(N)=O)c3C2)nc1. The summed E-state index contributed by atoms with van der Waals surface area (Å²) in [7, 11) is 0. The van der Waals surface area contributed by atoms with Gasteiger partial charge in [0.15, 0.2) is 0 Å². The van der Waals surface area contributed by atoms with Gasteiger partial charge in [0.05, 0.1) is 23.1 Å². The maximum Gasteiger partial charge on any atom is 0.252 e. The number of amides is 1. The van der Waals surface area contributed by atoms with Crippen LogP contribution in [0.25, 0.3) is 0 Å². The van der Waals surface area contributed by atoms with Crippen LogP contribution in [0.2, 0.25) is 0 Å². The first-order valence-corrected chi connectivity index (χ1v) is 7.60. The lowest BCUT2D eigenvalue weighted by Gasteiger charge is -2.24. The van der Waals surface area contributed by atoms with Gasteiger partial charge < -0.3 is 11.1 Å². The minimum atomic E-state index is -0.390. The van der Waals surface area contributed by atoms with Crippen molar-refractivity contribution in [1.82, 2.24) is 20.1 Å². The van der Waals surface area contributed by atoms with Gasteiger partial charge in [0.25, 0.3) is 5.91 Å². The third-order valence-corrected chi connectivity index (χ3v) is 4.16. The molecule has 6 heteroatoms. The third kappa shape index (κ3) is 3.17. The Bertz CT molecular complexity index is 662. The number of carbonyl (C=O) groups is 1. The molecule has 1 aliphatic rings. The number of fused-ring (bicyclic) bond motifs is 1. The average molecular weight is 299 g/mol. The summed E-state index contributed by atoms with van der Waals surface area (Å²) in [5, 5.41) is 7.69. The van der Waals surface area contributed by atoms with E-state index in [1.165, 1.54) is 5.56 Å². The number of primary amides is 1. The van der Waals surface area contributed by atoms with Crippen LogP contribution in [0.3, 0.4) is 0 Å². The first-order chi connectivity index (χ1) is 10.6. The molecule has 0 bridgehead atoms. The zero-order valence-electron chi connectivity index (χ0n) is 12.7. The Morgan fingerprint density at radius 3 is 3.05 bits per heavy atom. The van der Waals surface area contributed by atoms with Gasteiger partial charge in [-0.25, -0.2) is 0 Å². The van der Waals surface area contributed by atoms with E-state index in [-0.39, 0.29) is 0 Å². The highest BCUT2D eigenvalue weighted by molar-refractivity contribution is 5.93. The van der Waals surface area contributed by atoms with Crippen molar-refractivity contribution >= 4 is 5.91 Å². The summed E-state index contributed by atoms with van der Waals surface area (Å²) in [5.74, 6) is 0.103. The number of nitrogens with zero attached hydrogens (tertiary/aromatic N) is 3. The Balaban J connectivity index is 1.55. The molecule has 0 aliphatic carbocycles. The fraction of sp³-hybridized carbons (Fsp3) is 0.438. The van der Waals surface area contributed by atoms with E-state index in [1.54, 1.807) is 6.20 Å². The van der Waals surface area contributed by atoms with E-state index < -0.39 is 5.91 Å². The molecule has 0 fully saturated rings. The van der Waals surface area contributed by atoms with E-state index in [9.17, 15) is 4.79 Å². The zero-order valence-corrected chi connectivity index (χ0v) is 12.7. The van der Waals surface area contributed by atoms with Gasteiger partial charge in [-0.1, -0.05) is 6.07 Å². The quantitative estimate of drug-likeness (QED) is 0.863. The lowest BCUT2D eigenvalue weighted by atomic mass is 9.94. The van der Waals surface area contributed by atoms with Crippen LogP contribution in [0.15, 0.2) is 24.5 Å². The molecule has 3 heterocycles. The number of aromatic nitrogens is 3. The van der Waals surface area contributed by atoms with Gasteiger partial charge >= 0.3 is 0 Å². The second-order valence-electron chi connectivity index (χ2n) is 5.91. The summed E-state index contributed by atoms with van der Waals surface area (Å²) < 4.78 is 1.90. The van der Waals surface area contributed by atoms with Crippen molar-refractivity contribution in [3.8, 4) is 0 Å². The normalized spacial score (nSPS) is 17.2. The number of hydrogen-bond acceptors (Lipinski definition) is 4. The van der Waals surface area contributed by atoms with Gasteiger partial charge in [0, 0.05) is 19.3 Å². The molecule has 0 aromatic carbocycles. The fourth-order valence-corrected chi connectivity index (χ4v) is 2.89. The predicted molar refractivity (Wildman–Crippen MR) is 83.2 cm³/mol. The first-order valence-electron chi connectivity index (χ1n) is 7.60.